The van der Waals surface area contributed by atoms with Gasteiger partial charge in [0.1, 0.15) is 18.1 Å². The number of halogens is 1. The molecule has 4 rings (SSSR count). The van der Waals surface area contributed by atoms with Gasteiger partial charge in [-0.1, -0.05) is 57.9 Å². The van der Waals surface area contributed by atoms with Crippen molar-refractivity contribution in [3.63, 3.8) is 0 Å². The molecule has 1 N–H and O–H groups in total. The molecule has 0 spiro atoms. The minimum Gasteiger partial charge on any atom is -0.507 e. The number of nitrogens with zero attached hydrogens (tertiary/aromatic N) is 2. The number of carbonyl (C=O) groups excluding carboxylic acids is 2. The Balaban J connectivity index is 1.62. The van der Waals surface area contributed by atoms with Crippen LogP contribution in [0.2, 0.25) is 0 Å². The quantitative estimate of drug-likeness (QED) is 0.205. The number of ketones is 1. The summed E-state index contributed by atoms with van der Waals surface area (Å²) < 4.78 is 6.78. The van der Waals surface area contributed by atoms with E-state index < -0.39 is 17.7 Å². The molecule has 0 saturated carbocycles. The molecule has 3 aromatic rings. The maximum Gasteiger partial charge on any atom is 0.295 e. The lowest BCUT2D eigenvalue weighted by atomic mass is 9.95. The number of aliphatic hydroxyl groups excluding tert-OH is 1. The van der Waals surface area contributed by atoms with Crippen LogP contribution >= 0.6 is 15.9 Å². The predicted molar refractivity (Wildman–Crippen MR) is 148 cm³/mol. The van der Waals surface area contributed by atoms with Crippen LogP contribution in [0.5, 0.6) is 5.75 Å². The molecule has 192 valence electrons. The molecule has 1 atom stereocenters. The van der Waals surface area contributed by atoms with E-state index in [1.807, 2.05) is 68.4 Å². The van der Waals surface area contributed by atoms with Gasteiger partial charge in [0.2, 0.25) is 0 Å². The van der Waals surface area contributed by atoms with Crippen molar-refractivity contribution in [1.82, 2.24) is 9.80 Å². The molecule has 0 aromatic heterocycles. The van der Waals surface area contributed by atoms with Gasteiger partial charge in [-0.3, -0.25) is 9.59 Å². The molecule has 7 heteroatoms. The van der Waals surface area contributed by atoms with E-state index in [1.54, 1.807) is 29.2 Å². The highest BCUT2D eigenvalue weighted by Gasteiger charge is 2.45. The number of aryl methyl sites for hydroxylation is 1. The van der Waals surface area contributed by atoms with Crippen molar-refractivity contribution in [1.29, 1.82) is 0 Å². The lowest BCUT2D eigenvalue weighted by Crippen LogP contribution is -2.32. The second kappa shape index (κ2) is 11.8. The molecule has 1 amide bonds. The highest BCUT2D eigenvalue weighted by atomic mass is 79.9. The van der Waals surface area contributed by atoms with Crippen molar-refractivity contribution in [3.05, 3.63) is 105 Å². The fourth-order valence-electron chi connectivity index (χ4n) is 4.49. The van der Waals surface area contributed by atoms with Crippen LogP contribution in [0.4, 0.5) is 0 Å². The summed E-state index contributed by atoms with van der Waals surface area (Å²) >= 11 is 3.44. The Morgan fingerprint density at radius 1 is 1.03 bits per heavy atom. The summed E-state index contributed by atoms with van der Waals surface area (Å²) in [4.78, 5) is 29.8. The highest BCUT2D eigenvalue weighted by molar-refractivity contribution is 9.10. The second-order valence-electron chi connectivity index (χ2n) is 9.50. The van der Waals surface area contributed by atoms with E-state index in [0.29, 0.717) is 30.9 Å². The van der Waals surface area contributed by atoms with Crippen LogP contribution in [0.15, 0.2) is 82.8 Å². The highest BCUT2D eigenvalue weighted by Crippen LogP contribution is 2.40. The van der Waals surface area contributed by atoms with Crippen molar-refractivity contribution in [2.75, 3.05) is 27.2 Å². The zero-order valence-electron chi connectivity index (χ0n) is 21.3. The third kappa shape index (κ3) is 6.29. The first-order valence-electron chi connectivity index (χ1n) is 12.2. The topological polar surface area (TPSA) is 70.1 Å². The fraction of sp³-hybridized carbons (Fsp3) is 0.267. The molecular weight excluding hydrogens is 532 g/mol. The number of hydrogen-bond acceptors (Lipinski definition) is 5. The minimum atomic E-state index is -0.671. The lowest BCUT2D eigenvalue weighted by molar-refractivity contribution is -0.139. The Morgan fingerprint density at radius 3 is 2.38 bits per heavy atom. The van der Waals surface area contributed by atoms with Crippen molar-refractivity contribution in [2.24, 2.45) is 0 Å². The van der Waals surface area contributed by atoms with Crippen LogP contribution in [0.25, 0.3) is 5.76 Å². The molecule has 1 fully saturated rings. The van der Waals surface area contributed by atoms with Crippen molar-refractivity contribution >= 4 is 33.4 Å². The number of amides is 1. The van der Waals surface area contributed by atoms with Gasteiger partial charge in [0.25, 0.3) is 11.7 Å². The monoisotopic (exact) mass is 562 g/mol. The summed E-state index contributed by atoms with van der Waals surface area (Å²) in [6.45, 7) is 3.65. The van der Waals surface area contributed by atoms with E-state index in [2.05, 4.69) is 22.0 Å². The number of aliphatic hydroxyl groups is 1. The van der Waals surface area contributed by atoms with Gasteiger partial charge >= 0.3 is 0 Å². The summed E-state index contributed by atoms with van der Waals surface area (Å²) in [5, 5.41) is 11.3. The van der Waals surface area contributed by atoms with Gasteiger partial charge in [-0.2, -0.15) is 0 Å². The summed E-state index contributed by atoms with van der Waals surface area (Å²) in [7, 11) is 3.93. The second-order valence-corrected chi connectivity index (χ2v) is 10.4. The predicted octanol–water partition coefficient (Wildman–Crippen LogP) is 5.71. The maximum absolute atomic E-state index is 13.2. The molecule has 0 radical (unpaired) electrons. The third-order valence-electron chi connectivity index (χ3n) is 6.35. The Labute approximate surface area is 226 Å². The third-order valence-corrected chi connectivity index (χ3v) is 6.87. The zero-order chi connectivity index (χ0) is 26.5. The van der Waals surface area contributed by atoms with Gasteiger partial charge in [-0.25, -0.2) is 0 Å². The first-order chi connectivity index (χ1) is 17.7. The molecule has 1 aliphatic rings. The largest absolute Gasteiger partial charge is 0.507 e. The number of ether oxygens (including phenoxy) is 1. The average molecular weight is 563 g/mol. The SMILES string of the molecule is Cc1cccc(COc2ccc(C(O)=C3C(=O)C(=O)N(CCCN(C)C)C3c3ccc(Br)cc3)cc2)c1. The fourth-order valence-corrected chi connectivity index (χ4v) is 4.76. The number of likely N-dealkylation sites (tertiary alicyclic amines) is 1. The molecule has 37 heavy (non-hydrogen) atoms. The summed E-state index contributed by atoms with van der Waals surface area (Å²) in [6, 6.07) is 21.9. The first kappa shape index (κ1) is 26.6. The summed E-state index contributed by atoms with van der Waals surface area (Å²) in [5.41, 5.74) is 3.56. The van der Waals surface area contributed by atoms with Gasteiger partial charge in [0.05, 0.1) is 11.6 Å². The van der Waals surface area contributed by atoms with Crippen LogP contribution < -0.4 is 4.74 Å². The van der Waals surface area contributed by atoms with Crippen molar-refractivity contribution < 1.29 is 19.4 Å². The van der Waals surface area contributed by atoms with Crippen LogP contribution in [0.1, 0.15) is 34.7 Å². The Hall–Kier alpha value is -3.42. The van der Waals surface area contributed by atoms with Gasteiger partial charge < -0.3 is 19.6 Å². The van der Waals surface area contributed by atoms with E-state index in [9.17, 15) is 14.7 Å². The maximum atomic E-state index is 13.2. The lowest BCUT2D eigenvalue weighted by Gasteiger charge is -2.26. The van der Waals surface area contributed by atoms with E-state index in [0.717, 1.165) is 22.1 Å². The van der Waals surface area contributed by atoms with E-state index in [-0.39, 0.29) is 11.3 Å². The number of hydrogen-bond donors (Lipinski definition) is 1. The van der Waals surface area contributed by atoms with Crippen LogP contribution in [0.3, 0.4) is 0 Å². The number of Topliss-reactive ketones (excluding diaryl/α,β-unsaturated/α-hetero) is 1. The molecular formula is C30H31BrN2O4. The van der Waals surface area contributed by atoms with E-state index in [1.165, 1.54) is 5.56 Å². The van der Waals surface area contributed by atoms with E-state index >= 15 is 0 Å². The molecule has 1 unspecified atom stereocenters. The molecule has 1 aliphatic heterocycles. The van der Waals surface area contributed by atoms with Gasteiger partial charge in [0, 0.05) is 16.6 Å². The zero-order valence-corrected chi connectivity index (χ0v) is 22.9. The van der Waals surface area contributed by atoms with Gasteiger partial charge in [-0.05, 0) is 81.5 Å². The Morgan fingerprint density at radius 2 is 1.73 bits per heavy atom. The molecule has 3 aromatic carbocycles. The average Bonchev–Trinajstić information content (AvgIpc) is 3.13. The Kier molecular flexibility index (Phi) is 8.46. The number of carbonyl (C=O) groups is 2. The summed E-state index contributed by atoms with van der Waals surface area (Å²) in [6.07, 6.45) is 0.708. The van der Waals surface area contributed by atoms with Crippen LogP contribution in [-0.4, -0.2) is 53.8 Å². The first-order valence-corrected chi connectivity index (χ1v) is 13.0. The minimum absolute atomic E-state index is 0.102. The molecule has 1 saturated heterocycles. The smallest absolute Gasteiger partial charge is 0.295 e. The van der Waals surface area contributed by atoms with Gasteiger partial charge in [0.15, 0.2) is 0 Å². The van der Waals surface area contributed by atoms with Crippen LogP contribution in [0, 0.1) is 6.92 Å². The molecule has 1 heterocycles. The van der Waals surface area contributed by atoms with Gasteiger partial charge in [-0.15, -0.1) is 0 Å². The van der Waals surface area contributed by atoms with Crippen LogP contribution in [-0.2, 0) is 16.2 Å². The number of rotatable bonds is 9. The standard InChI is InChI=1S/C30H31BrN2O4/c1-20-6-4-7-21(18-20)19-37-25-14-10-23(11-15-25)28(34)26-27(22-8-12-24(31)13-9-22)33(30(36)29(26)35)17-5-16-32(2)3/h4,6-15,18,27,34H,5,16-17,19H2,1-3H3. The summed E-state index contributed by atoms with van der Waals surface area (Å²) in [5.74, 6) is -0.806. The van der Waals surface area contributed by atoms with Crippen molar-refractivity contribution in [2.45, 2.75) is 26.0 Å². The number of benzene rings is 3. The molecule has 0 bridgehead atoms. The van der Waals surface area contributed by atoms with Crippen molar-refractivity contribution in [3.8, 4) is 5.75 Å². The normalized spacial score (nSPS) is 17.0. The Bertz CT molecular complexity index is 1300. The molecule has 6 nitrogen and oxygen atoms in total. The van der Waals surface area contributed by atoms with E-state index in [4.69, 9.17) is 4.74 Å². The molecule has 0 aliphatic carbocycles.